The Hall–Kier alpha value is 0.0274. The first kappa shape index (κ1) is 9.12. The summed E-state index contributed by atoms with van der Waals surface area (Å²) in [5.74, 6) is 0.0468. The van der Waals surface area contributed by atoms with Crippen LogP contribution in [0.1, 0.15) is 12.8 Å². The van der Waals surface area contributed by atoms with E-state index in [2.05, 4.69) is 0 Å². The number of carbonyl (C=O) groups is 1. The third-order valence-corrected chi connectivity index (χ3v) is 2.50. The van der Waals surface area contributed by atoms with Crippen LogP contribution < -0.4 is 0 Å². The summed E-state index contributed by atoms with van der Waals surface area (Å²) in [6.07, 6.45) is 2.47. The molecule has 3 nitrogen and oxygen atoms in total. The molecule has 0 aromatic rings. The smallest absolute Gasteiger partial charge is 0.322 e. The minimum Gasteiger partial charge on any atom is -0.480 e. The molecule has 57 valence electrons. The molecule has 2 fully saturated rings. The molecule has 0 aromatic heterocycles. The molecule has 2 aliphatic rings. The first-order valence-electron chi connectivity index (χ1n) is 3.66. The molecule has 1 radical (unpaired) electrons. The molecule has 1 aliphatic heterocycles. The Morgan fingerprint density at radius 1 is 1.55 bits per heavy atom. The average Bonchev–Trinajstić information content (AvgIpc) is 2.57. The Bertz CT molecular complexity index is 181. The topological polar surface area (TPSA) is 40.3 Å². The van der Waals surface area contributed by atoms with Gasteiger partial charge < -0.3 is 5.11 Å². The Kier molecular flexibility index (Phi) is 2.34. The van der Waals surface area contributed by atoms with Gasteiger partial charge in [0.1, 0.15) is 6.04 Å². The van der Waals surface area contributed by atoms with Crippen LogP contribution in [0.2, 0.25) is 0 Å². The molecule has 2 rings (SSSR count). The zero-order chi connectivity index (χ0) is 7.30. The molecule has 1 heterocycles. The van der Waals surface area contributed by atoms with Crippen molar-refractivity contribution in [1.82, 2.24) is 4.90 Å². The molecule has 0 spiro atoms. The zero-order valence-electron chi connectivity index (χ0n) is 6.95. The number of nitrogens with zero attached hydrogens (tertiary/aromatic N) is 1. The van der Waals surface area contributed by atoms with Crippen LogP contribution in [0, 0.1) is 5.92 Å². The number of likely N-dealkylation sites (N-methyl/N-ethyl adjacent to an activating group) is 1. The Morgan fingerprint density at radius 3 is 2.36 bits per heavy atom. The normalized spacial score (nSPS) is 41.0. The van der Waals surface area contributed by atoms with Crippen molar-refractivity contribution in [3.05, 3.63) is 0 Å². The largest absolute Gasteiger partial charge is 0.480 e. The summed E-state index contributed by atoms with van der Waals surface area (Å²) in [5.41, 5.74) is 0. The monoisotopic (exact) mass is 148 g/mol. The van der Waals surface area contributed by atoms with Crippen molar-refractivity contribution in [2.45, 2.75) is 24.9 Å². The van der Waals surface area contributed by atoms with E-state index in [0.29, 0.717) is 12.0 Å². The number of rotatable bonds is 2. The van der Waals surface area contributed by atoms with Crippen molar-refractivity contribution in [1.29, 1.82) is 0 Å². The van der Waals surface area contributed by atoms with E-state index in [4.69, 9.17) is 5.11 Å². The number of carboxylic acid groups (broad SMARTS) is 1. The predicted octanol–water partition coefficient (Wildman–Crippen LogP) is -0.217. The van der Waals surface area contributed by atoms with Gasteiger partial charge in [0.2, 0.25) is 0 Å². The van der Waals surface area contributed by atoms with Gasteiger partial charge in [-0.05, 0) is 25.8 Å². The van der Waals surface area contributed by atoms with Crippen LogP contribution >= 0.6 is 0 Å². The van der Waals surface area contributed by atoms with Gasteiger partial charge in [0.05, 0.1) is 0 Å². The van der Waals surface area contributed by atoms with Gasteiger partial charge in [-0.25, -0.2) is 0 Å². The summed E-state index contributed by atoms with van der Waals surface area (Å²) in [6, 6.07) is 0.213. The van der Waals surface area contributed by atoms with E-state index >= 15 is 0 Å². The van der Waals surface area contributed by atoms with Crippen LogP contribution in [0.4, 0.5) is 0 Å². The van der Waals surface area contributed by atoms with E-state index in [1.807, 2.05) is 11.9 Å². The summed E-state index contributed by atoms with van der Waals surface area (Å²) in [6.45, 7) is 0. The Morgan fingerprint density at radius 2 is 2.09 bits per heavy atom. The summed E-state index contributed by atoms with van der Waals surface area (Å²) in [4.78, 5) is 12.4. The van der Waals surface area contributed by atoms with Crippen molar-refractivity contribution in [2.24, 2.45) is 5.92 Å². The van der Waals surface area contributed by atoms with Crippen LogP contribution in [0.15, 0.2) is 0 Å². The average molecular weight is 148 g/mol. The third-order valence-electron chi connectivity index (χ3n) is 2.50. The summed E-state index contributed by atoms with van der Waals surface area (Å²) >= 11 is 0. The second-order valence-electron chi connectivity index (χ2n) is 3.28. The maximum atomic E-state index is 10.5. The molecule has 1 unspecified atom stereocenters. The van der Waals surface area contributed by atoms with E-state index in [1.54, 1.807) is 0 Å². The molecular formula is C7H11LiNO2. The maximum absolute atomic E-state index is 10.5. The van der Waals surface area contributed by atoms with Crippen LogP contribution in [-0.2, 0) is 4.79 Å². The van der Waals surface area contributed by atoms with E-state index < -0.39 is 5.97 Å². The molecule has 0 aromatic carbocycles. The first-order valence-corrected chi connectivity index (χ1v) is 3.66. The summed E-state index contributed by atoms with van der Waals surface area (Å²) in [7, 11) is 1.89. The van der Waals surface area contributed by atoms with Crippen molar-refractivity contribution >= 4 is 24.8 Å². The standard InChI is InChI=1S/C7H11NO2.Li/c1-8-5(4-2-3-4)6(8)7(9)10;/h4-6H,2-3H2,1H3,(H,9,10);/t5-,6-,8?;/m1./s1. The van der Waals surface area contributed by atoms with Gasteiger partial charge >= 0.3 is 5.97 Å². The minimum atomic E-state index is -0.653. The van der Waals surface area contributed by atoms with Gasteiger partial charge in [-0.15, -0.1) is 0 Å². The zero-order valence-corrected chi connectivity index (χ0v) is 6.95. The SMILES string of the molecule is CN1[C@H](C2CC2)[C@@H]1C(=O)O.[Li]. The molecule has 4 heteroatoms. The van der Waals surface area contributed by atoms with Gasteiger partial charge in [-0.3, -0.25) is 9.69 Å². The minimum absolute atomic E-state index is 0. The van der Waals surface area contributed by atoms with E-state index in [1.165, 1.54) is 12.8 Å². The number of hydrogen-bond acceptors (Lipinski definition) is 2. The molecule has 1 aliphatic carbocycles. The van der Waals surface area contributed by atoms with E-state index in [9.17, 15) is 4.79 Å². The van der Waals surface area contributed by atoms with Gasteiger partial charge in [0.25, 0.3) is 0 Å². The maximum Gasteiger partial charge on any atom is 0.322 e. The molecular weight excluding hydrogens is 137 g/mol. The van der Waals surface area contributed by atoms with Gasteiger partial charge in [0.15, 0.2) is 0 Å². The first-order chi connectivity index (χ1) is 4.72. The van der Waals surface area contributed by atoms with Crippen molar-refractivity contribution in [3.63, 3.8) is 0 Å². The predicted molar refractivity (Wildman–Crippen MR) is 41.5 cm³/mol. The van der Waals surface area contributed by atoms with Crippen molar-refractivity contribution in [2.75, 3.05) is 7.05 Å². The molecule has 1 saturated heterocycles. The molecule has 1 saturated carbocycles. The Labute approximate surface area is 77.9 Å². The van der Waals surface area contributed by atoms with Gasteiger partial charge in [-0.2, -0.15) is 0 Å². The fraction of sp³-hybridized carbons (Fsp3) is 0.857. The van der Waals surface area contributed by atoms with Crippen LogP contribution in [0.5, 0.6) is 0 Å². The fourth-order valence-corrected chi connectivity index (χ4v) is 1.71. The van der Waals surface area contributed by atoms with Crippen molar-refractivity contribution in [3.8, 4) is 0 Å². The molecule has 0 amide bonds. The van der Waals surface area contributed by atoms with Crippen LogP contribution in [-0.4, -0.2) is 54.0 Å². The van der Waals surface area contributed by atoms with Crippen LogP contribution in [0.3, 0.4) is 0 Å². The van der Waals surface area contributed by atoms with Crippen molar-refractivity contribution < 1.29 is 9.90 Å². The second-order valence-corrected chi connectivity index (χ2v) is 3.28. The quantitative estimate of drug-likeness (QED) is 0.435. The van der Waals surface area contributed by atoms with Gasteiger partial charge in [-0.1, -0.05) is 0 Å². The third kappa shape index (κ3) is 1.46. The number of carboxylic acids is 1. The molecule has 3 atom stereocenters. The summed E-state index contributed by atoms with van der Waals surface area (Å²) in [5, 5.41) is 8.63. The molecule has 1 N–H and O–H groups in total. The van der Waals surface area contributed by atoms with Gasteiger partial charge in [0, 0.05) is 24.9 Å². The Balaban J connectivity index is 0.000000605. The number of aliphatic carboxylic acids is 1. The molecule has 11 heavy (non-hydrogen) atoms. The summed E-state index contributed by atoms with van der Waals surface area (Å²) < 4.78 is 0. The number of hydrogen-bond donors (Lipinski definition) is 1. The second kappa shape index (κ2) is 2.82. The van der Waals surface area contributed by atoms with E-state index in [-0.39, 0.29) is 24.9 Å². The fourth-order valence-electron chi connectivity index (χ4n) is 1.71. The molecule has 0 bridgehead atoms. The van der Waals surface area contributed by atoms with Crippen LogP contribution in [0.25, 0.3) is 0 Å². The van der Waals surface area contributed by atoms with E-state index in [0.717, 1.165) is 0 Å².